The fourth-order valence-electron chi connectivity index (χ4n) is 6.41. The van der Waals surface area contributed by atoms with Crippen LogP contribution in [-0.2, 0) is 41.3 Å². The smallest absolute Gasteiger partial charge is 0.373 e. The lowest BCUT2D eigenvalue weighted by atomic mass is 10.1. The molecule has 0 radical (unpaired) electrons. The molecule has 0 unspecified atom stereocenters. The highest BCUT2D eigenvalue weighted by Gasteiger charge is 2.83. The van der Waals surface area contributed by atoms with Gasteiger partial charge in [0, 0.05) is 13.0 Å². The molecule has 0 aromatic carbocycles. The van der Waals surface area contributed by atoms with Gasteiger partial charge in [0.15, 0.2) is 0 Å². The van der Waals surface area contributed by atoms with Crippen LogP contribution in [0.3, 0.4) is 0 Å². The van der Waals surface area contributed by atoms with E-state index in [-0.39, 0.29) is 19.3 Å². The van der Waals surface area contributed by atoms with Gasteiger partial charge in [0.1, 0.15) is 0 Å². The highest BCUT2D eigenvalue weighted by molar-refractivity contribution is 7.75. The summed E-state index contributed by atoms with van der Waals surface area (Å²) in [7, 11) is -57.4. The zero-order valence-electron chi connectivity index (χ0n) is 30.0. The van der Waals surface area contributed by atoms with E-state index in [2.05, 4.69) is 0 Å². The third-order valence-electron chi connectivity index (χ3n) is 8.27. The Kier molecular flexibility index (Phi) is 21.0. The lowest BCUT2D eigenvalue weighted by Gasteiger charge is -2.59. The maximum absolute atomic E-state index is 13.7. The van der Waals surface area contributed by atoms with Crippen LogP contribution in [0.25, 0.3) is 0 Å². The number of carbonyl (C=O) groups is 1. The van der Waals surface area contributed by atoms with Crippen LogP contribution in [0.5, 0.6) is 0 Å². The van der Waals surface area contributed by atoms with Crippen molar-refractivity contribution in [2.75, 3.05) is 19.6 Å². The van der Waals surface area contributed by atoms with E-state index in [1.165, 1.54) is 0 Å². The first-order valence-electron chi connectivity index (χ1n) is 16.1. The fraction of sp³-hybridized carbons (Fsp3) is 0.950. The van der Waals surface area contributed by atoms with E-state index in [4.69, 9.17) is 5.11 Å². The number of carboxylic acid groups (broad SMARTS) is 1. The quantitative estimate of drug-likeness (QED) is 0.0281. The van der Waals surface area contributed by atoms with Crippen LogP contribution < -0.4 is 0 Å². The highest BCUT2D eigenvalue weighted by Crippen LogP contribution is 2.83. The molecule has 0 heterocycles. The van der Waals surface area contributed by atoms with E-state index in [1.807, 2.05) is 0 Å². The van der Waals surface area contributed by atoms with E-state index >= 15 is 0 Å². The molecular weight excluding hydrogens is 946 g/mol. The minimum Gasteiger partial charge on any atom is -0.481 e. The summed E-state index contributed by atoms with van der Waals surface area (Å²) in [5, 5.41) is -2.31. The maximum atomic E-state index is 13.7. The summed E-state index contributed by atoms with van der Waals surface area (Å²) < 4.78 is 106. The molecule has 37 heteroatoms. The van der Waals surface area contributed by atoms with Gasteiger partial charge in [-0.15, -0.1) is 0 Å². The molecule has 0 atom stereocenters. The minimum absolute atomic E-state index is 0.0310. The van der Waals surface area contributed by atoms with Crippen LogP contribution >= 0.6 is 60.8 Å². The Balaban J connectivity index is 8.72. The van der Waals surface area contributed by atoms with Gasteiger partial charge in [-0.2, -0.15) is 0 Å². The van der Waals surface area contributed by atoms with Crippen LogP contribution in [0, 0.1) is 0 Å². The molecule has 0 aliphatic heterocycles. The Bertz CT molecular complexity index is 1550. The second-order valence-corrected chi connectivity index (χ2v) is 27.5. The maximum Gasteiger partial charge on any atom is 0.373 e. The summed E-state index contributed by atoms with van der Waals surface area (Å²) >= 11 is 0. The Morgan fingerprint density at radius 2 is 0.667 bits per heavy atom. The van der Waals surface area contributed by atoms with Crippen LogP contribution in [-0.4, -0.2) is 145 Å². The predicted octanol–water partition coefficient (Wildman–Crippen LogP) is 0.129. The van der Waals surface area contributed by atoms with Crippen molar-refractivity contribution in [2.45, 2.75) is 99.4 Å². The van der Waals surface area contributed by atoms with E-state index < -0.39 is 135 Å². The first-order valence-corrected chi connectivity index (χ1v) is 29.3. The van der Waals surface area contributed by atoms with Crippen molar-refractivity contribution >= 4 is 66.7 Å². The van der Waals surface area contributed by atoms with Gasteiger partial charge in [-0.05, 0) is 25.9 Å². The van der Waals surface area contributed by atoms with E-state index in [0.29, 0.717) is 46.0 Å². The summed E-state index contributed by atoms with van der Waals surface area (Å²) in [5.41, 5.74) is -8.32. The molecule has 0 aromatic rings. The number of rotatable bonds is 28. The van der Waals surface area contributed by atoms with Gasteiger partial charge < -0.3 is 83.4 Å². The fourth-order valence-corrected chi connectivity index (χ4v) is 20.7. The molecular formula is C20H51N3O26P8. The van der Waals surface area contributed by atoms with Crippen LogP contribution in [0.15, 0.2) is 0 Å². The molecule has 0 amide bonds. The monoisotopic (exact) mass is 997 g/mol. The van der Waals surface area contributed by atoms with Gasteiger partial charge in [0.05, 0.1) is 0 Å². The number of nitrogens with zero attached hydrogens (tertiary/aromatic N) is 3. The number of hydrogen-bond donors (Lipinski definition) is 17. The molecule has 0 saturated heterocycles. The van der Waals surface area contributed by atoms with Crippen molar-refractivity contribution in [1.29, 1.82) is 0 Å². The molecule has 29 nitrogen and oxygen atoms in total. The Hall–Kier alpha value is 0.550. The number of unbranched alkanes of at least 4 members (excludes halogenated alkanes) is 8. The lowest BCUT2D eigenvalue weighted by Crippen LogP contribution is -2.73. The second-order valence-electron chi connectivity index (χ2n) is 12.5. The summed E-state index contributed by atoms with van der Waals surface area (Å²) in [6.07, 6.45) is 0.995. The molecule has 0 fully saturated rings. The molecule has 0 spiro atoms. The molecule has 17 N–H and O–H groups in total. The molecule has 0 saturated carbocycles. The first kappa shape index (κ1) is 57.5. The third kappa shape index (κ3) is 13.8. The Labute approximate surface area is 324 Å². The molecule has 342 valence electrons. The van der Waals surface area contributed by atoms with Crippen LogP contribution in [0.4, 0.5) is 0 Å². The van der Waals surface area contributed by atoms with Gasteiger partial charge in [-0.3, -0.25) is 41.3 Å². The normalized spacial score (nSPS) is 15.1. The summed E-state index contributed by atoms with van der Waals surface area (Å²) in [6.45, 7) is -4.70. The number of aliphatic carboxylic acids is 1. The third-order valence-corrected chi connectivity index (χ3v) is 23.7. The number of hydrogen-bond acceptors (Lipinski definition) is 12. The zero-order chi connectivity index (χ0) is 45.7. The second kappa shape index (κ2) is 20.8. The Morgan fingerprint density at radius 1 is 0.439 bits per heavy atom. The first-order chi connectivity index (χ1) is 25.2. The summed E-state index contributed by atoms with van der Waals surface area (Å²) in [5.74, 6) is -1.02. The van der Waals surface area contributed by atoms with E-state index in [0.717, 1.165) is 0 Å². The largest absolute Gasteiger partial charge is 0.481 e. The molecule has 0 aliphatic carbocycles. The molecule has 0 rings (SSSR count). The molecule has 0 bridgehead atoms. The van der Waals surface area contributed by atoms with Crippen molar-refractivity contribution in [3.05, 3.63) is 0 Å². The van der Waals surface area contributed by atoms with Gasteiger partial charge in [0.2, 0.25) is 11.0 Å². The number of carboxylic acids is 1. The van der Waals surface area contributed by atoms with Gasteiger partial charge in [-0.25, -0.2) is 14.7 Å². The highest BCUT2D eigenvalue weighted by atomic mass is 31.3. The van der Waals surface area contributed by atoms with Crippen LogP contribution in [0.1, 0.15) is 78.1 Å². The zero-order valence-corrected chi connectivity index (χ0v) is 37.2. The topological polar surface area (TPSA) is 507 Å². The average molecular weight is 997 g/mol. The minimum atomic E-state index is -7.57. The van der Waals surface area contributed by atoms with Crippen LogP contribution in [0.2, 0.25) is 0 Å². The van der Waals surface area contributed by atoms with Gasteiger partial charge in [0.25, 0.3) is 10.3 Å². The Morgan fingerprint density at radius 3 is 0.860 bits per heavy atom. The van der Waals surface area contributed by atoms with Crippen molar-refractivity contribution in [3.8, 4) is 0 Å². The summed E-state index contributed by atoms with van der Waals surface area (Å²) in [4.78, 5) is 175. The van der Waals surface area contributed by atoms with Gasteiger partial charge >= 0.3 is 66.7 Å². The molecule has 0 aliphatic rings. The predicted molar refractivity (Wildman–Crippen MR) is 195 cm³/mol. The van der Waals surface area contributed by atoms with Crippen molar-refractivity contribution < 1.29 is 125 Å². The standard InChI is InChI=1S/C20H51N3O26P8/c1-3-21(17(50(26,27)28)51(29,30)31)19(54(38,39)40,55(41,42)43)23(15-13-11-9-7-5-6-8-10-12-14-16(24)25)20(56(44,45)46,57(47,48)49)22(4-2)18(52(32,33)34)53(35,36)37/h17-18H,3-15H2,1-2H3,(H,24,25)(H2,26,27,28)(H2,29,30,31)(H2,32,33,34)(H2,35,36,37)(H2,38,39,40)(H2,41,42,43)(H2,44,45,46)(H2,47,48,49). The van der Waals surface area contributed by atoms with Crippen molar-refractivity contribution in [1.82, 2.24) is 14.7 Å². The lowest BCUT2D eigenvalue weighted by molar-refractivity contribution is -0.137. The molecule has 0 aromatic heterocycles. The summed E-state index contributed by atoms with van der Waals surface area (Å²) in [6, 6.07) is 0. The molecule has 57 heavy (non-hydrogen) atoms. The SMILES string of the molecule is CCN(C(P(=O)(O)O)P(=O)(O)O)C(N(CCCCCCCCCCCC(=O)O)C(N(CC)C(P(=O)(O)O)P(=O)(O)O)(P(=O)(O)O)P(=O)(O)O)(P(=O)(O)O)P(=O)(O)O. The average Bonchev–Trinajstić information content (AvgIpc) is 2.92. The van der Waals surface area contributed by atoms with E-state index in [1.54, 1.807) is 0 Å². The van der Waals surface area contributed by atoms with Gasteiger partial charge in [-0.1, -0.05) is 58.8 Å². The van der Waals surface area contributed by atoms with Crippen molar-refractivity contribution in [2.24, 2.45) is 0 Å². The van der Waals surface area contributed by atoms with Crippen molar-refractivity contribution in [3.63, 3.8) is 0 Å². The van der Waals surface area contributed by atoms with E-state index in [9.17, 15) is 120 Å².